The van der Waals surface area contributed by atoms with Crippen molar-refractivity contribution in [3.63, 3.8) is 0 Å². The lowest BCUT2D eigenvalue weighted by Gasteiger charge is -2.25. The fraction of sp³-hybridized carbons (Fsp3) is 0.409. The molecule has 3 rings (SSSR count). The van der Waals surface area contributed by atoms with Crippen molar-refractivity contribution in [3.8, 4) is 11.1 Å². The van der Waals surface area contributed by atoms with Crippen LogP contribution in [0.1, 0.15) is 54.9 Å². The lowest BCUT2D eigenvalue weighted by molar-refractivity contribution is 0.0963. The van der Waals surface area contributed by atoms with Gasteiger partial charge in [0.2, 0.25) is 10.0 Å². The third-order valence-electron chi connectivity index (χ3n) is 5.48. The van der Waals surface area contributed by atoms with Gasteiger partial charge >= 0.3 is 0 Å². The maximum atomic E-state index is 12.5. The van der Waals surface area contributed by atoms with E-state index in [0.717, 1.165) is 36.0 Å². The molecule has 0 aromatic heterocycles. The van der Waals surface area contributed by atoms with E-state index in [-0.39, 0.29) is 17.9 Å². The van der Waals surface area contributed by atoms with Crippen LogP contribution >= 0.6 is 0 Å². The summed E-state index contributed by atoms with van der Waals surface area (Å²) in [6.45, 7) is 3.38. The van der Waals surface area contributed by atoms with Gasteiger partial charge in [-0.3, -0.25) is 4.79 Å². The van der Waals surface area contributed by atoms with Crippen molar-refractivity contribution in [2.45, 2.75) is 50.3 Å². The molecule has 0 heterocycles. The van der Waals surface area contributed by atoms with Gasteiger partial charge in [0.1, 0.15) is 0 Å². The Balaban J connectivity index is 2.06. The summed E-state index contributed by atoms with van der Waals surface area (Å²) in [5, 5.41) is 2.20. The van der Waals surface area contributed by atoms with Gasteiger partial charge in [-0.05, 0) is 55.5 Å². The molecule has 150 valence electrons. The number of carbonyl (C=O) groups excluding carboxylic acids is 1. The third kappa shape index (κ3) is 4.28. The van der Waals surface area contributed by atoms with E-state index in [2.05, 4.69) is 10.0 Å². The van der Waals surface area contributed by atoms with E-state index in [9.17, 15) is 13.2 Å². The monoisotopic (exact) mass is 400 g/mol. The number of amides is 1. The summed E-state index contributed by atoms with van der Waals surface area (Å²) in [6, 6.07) is 15.6. The van der Waals surface area contributed by atoms with Crippen molar-refractivity contribution in [3.05, 3.63) is 59.7 Å². The minimum Gasteiger partial charge on any atom is -0.355 e. The second-order valence-electron chi connectivity index (χ2n) is 7.60. The number of hydrogen-bond donors (Lipinski definition) is 2. The Morgan fingerprint density at radius 3 is 2.43 bits per heavy atom. The third-order valence-corrected chi connectivity index (χ3v) is 7.35. The van der Waals surface area contributed by atoms with Crippen LogP contribution in [-0.4, -0.2) is 32.7 Å². The van der Waals surface area contributed by atoms with Crippen molar-refractivity contribution in [2.75, 3.05) is 7.05 Å². The molecule has 0 radical (unpaired) electrons. The van der Waals surface area contributed by atoms with Gasteiger partial charge in [-0.25, -0.2) is 13.1 Å². The van der Waals surface area contributed by atoms with Crippen LogP contribution in [0.4, 0.5) is 0 Å². The molecule has 1 fully saturated rings. The fourth-order valence-electron chi connectivity index (χ4n) is 3.86. The number of sulfonamides is 1. The molecule has 2 N–H and O–H groups in total. The van der Waals surface area contributed by atoms with Crippen LogP contribution in [0.2, 0.25) is 0 Å². The molecule has 0 saturated heterocycles. The standard InChI is InChI=1S/C22H28N2O3S/c1-15(2)28(26,27)24-21-11-7-10-19(21)20-14-17(22(25)23-3)12-13-18(20)16-8-5-4-6-9-16/h4-6,8-9,12-15,19,21,24H,7,10-11H2,1-3H3,(H,23,25). The highest BCUT2D eigenvalue weighted by atomic mass is 32.2. The Morgan fingerprint density at radius 2 is 1.79 bits per heavy atom. The average Bonchev–Trinajstić information content (AvgIpc) is 3.14. The second-order valence-corrected chi connectivity index (χ2v) is 9.87. The van der Waals surface area contributed by atoms with Gasteiger partial charge in [-0.15, -0.1) is 0 Å². The van der Waals surface area contributed by atoms with E-state index in [0.29, 0.717) is 5.56 Å². The van der Waals surface area contributed by atoms with Gasteiger partial charge < -0.3 is 5.32 Å². The van der Waals surface area contributed by atoms with E-state index < -0.39 is 15.3 Å². The molecule has 2 atom stereocenters. The predicted molar refractivity (Wildman–Crippen MR) is 113 cm³/mol. The molecule has 2 aromatic carbocycles. The van der Waals surface area contributed by atoms with E-state index in [1.165, 1.54) is 0 Å². The van der Waals surface area contributed by atoms with Gasteiger partial charge in [0.15, 0.2) is 0 Å². The van der Waals surface area contributed by atoms with Crippen LogP contribution in [0.15, 0.2) is 48.5 Å². The minimum atomic E-state index is -3.36. The van der Waals surface area contributed by atoms with E-state index >= 15 is 0 Å². The van der Waals surface area contributed by atoms with Crippen LogP contribution in [0.5, 0.6) is 0 Å². The van der Waals surface area contributed by atoms with Gasteiger partial charge in [0.25, 0.3) is 5.91 Å². The molecule has 5 nitrogen and oxygen atoms in total. The Hall–Kier alpha value is -2.18. The number of benzene rings is 2. The molecule has 0 bridgehead atoms. The zero-order chi connectivity index (χ0) is 20.3. The molecule has 0 spiro atoms. The summed E-state index contributed by atoms with van der Waals surface area (Å²) in [6.07, 6.45) is 2.64. The molecular weight excluding hydrogens is 372 g/mol. The largest absolute Gasteiger partial charge is 0.355 e. The first-order valence-electron chi connectivity index (χ1n) is 9.76. The summed E-state index contributed by atoms with van der Waals surface area (Å²) in [5.74, 6) is -0.105. The highest BCUT2D eigenvalue weighted by Crippen LogP contribution is 2.40. The predicted octanol–water partition coefficient (Wildman–Crippen LogP) is 3.68. The van der Waals surface area contributed by atoms with Crippen LogP contribution in [0.3, 0.4) is 0 Å². The first-order chi connectivity index (χ1) is 13.3. The summed E-state index contributed by atoms with van der Waals surface area (Å²) >= 11 is 0. The number of hydrogen-bond acceptors (Lipinski definition) is 3. The normalized spacial score (nSPS) is 19.7. The number of carbonyl (C=O) groups is 1. The minimum absolute atomic E-state index is 0.0355. The van der Waals surface area contributed by atoms with Crippen molar-refractivity contribution >= 4 is 15.9 Å². The second kappa shape index (κ2) is 8.45. The average molecular weight is 401 g/mol. The van der Waals surface area contributed by atoms with E-state index in [1.54, 1.807) is 20.9 Å². The Kier molecular flexibility index (Phi) is 6.20. The Labute approximate surface area is 167 Å². The zero-order valence-electron chi connectivity index (χ0n) is 16.6. The Bertz CT molecular complexity index is 940. The van der Waals surface area contributed by atoms with Crippen molar-refractivity contribution in [1.82, 2.24) is 10.0 Å². The number of rotatable bonds is 6. The van der Waals surface area contributed by atoms with Crippen molar-refractivity contribution in [1.29, 1.82) is 0 Å². The van der Waals surface area contributed by atoms with Gasteiger partial charge in [0.05, 0.1) is 5.25 Å². The number of nitrogens with one attached hydrogen (secondary N) is 2. The molecule has 1 amide bonds. The molecule has 1 aliphatic carbocycles. The summed E-state index contributed by atoms with van der Waals surface area (Å²) in [5.41, 5.74) is 3.74. The molecular formula is C22H28N2O3S. The lowest BCUT2D eigenvalue weighted by atomic mass is 9.86. The van der Waals surface area contributed by atoms with Gasteiger partial charge in [-0.2, -0.15) is 0 Å². The first kappa shape index (κ1) is 20.6. The zero-order valence-corrected chi connectivity index (χ0v) is 17.4. The summed E-state index contributed by atoms with van der Waals surface area (Å²) in [4.78, 5) is 12.2. The van der Waals surface area contributed by atoms with Crippen LogP contribution in [0.25, 0.3) is 11.1 Å². The molecule has 1 saturated carbocycles. The maximum absolute atomic E-state index is 12.5. The molecule has 2 unspecified atom stereocenters. The smallest absolute Gasteiger partial charge is 0.251 e. The Morgan fingerprint density at radius 1 is 1.07 bits per heavy atom. The van der Waals surface area contributed by atoms with Crippen LogP contribution < -0.4 is 10.0 Å². The van der Waals surface area contributed by atoms with Crippen molar-refractivity contribution in [2.24, 2.45) is 0 Å². The van der Waals surface area contributed by atoms with Gasteiger partial charge in [-0.1, -0.05) is 42.8 Å². The SMILES string of the molecule is CNC(=O)c1ccc(-c2ccccc2)c(C2CCCC2NS(=O)(=O)C(C)C)c1. The summed E-state index contributed by atoms with van der Waals surface area (Å²) in [7, 11) is -1.75. The van der Waals surface area contributed by atoms with Crippen LogP contribution in [-0.2, 0) is 10.0 Å². The topological polar surface area (TPSA) is 75.3 Å². The maximum Gasteiger partial charge on any atom is 0.251 e. The molecule has 1 aliphatic rings. The lowest BCUT2D eigenvalue weighted by Crippen LogP contribution is -2.40. The molecule has 6 heteroatoms. The molecule has 0 aliphatic heterocycles. The quantitative estimate of drug-likeness (QED) is 0.777. The van der Waals surface area contributed by atoms with Gasteiger partial charge in [0, 0.05) is 24.6 Å². The highest BCUT2D eigenvalue weighted by molar-refractivity contribution is 7.90. The van der Waals surface area contributed by atoms with E-state index in [1.807, 2.05) is 48.5 Å². The fourth-order valence-corrected chi connectivity index (χ4v) is 4.83. The summed E-state index contributed by atoms with van der Waals surface area (Å²) < 4.78 is 27.8. The van der Waals surface area contributed by atoms with Crippen molar-refractivity contribution < 1.29 is 13.2 Å². The highest BCUT2D eigenvalue weighted by Gasteiger charge is 2.34. The molecule has 28 heavy (non-hydrogen) atoms. The first-order valence-corrected chi connectivity index (χ1v) is 11.3. The van der Waals surface area contributed by atoms with E-state index in [4.69, 9.17) is 0 Å². The van der Waals surface area contributed by atoms with Crippen LogP contribution in [0, 0.1) is 0 Å². The molecule has 2 aromatic rings.